The van der Waals surface area contributed by atoms with Crippen LogP contribution in [0.25, 0.3) is 0 Å². The molecule has 0 aromatic rings. The van der Waals surface area contributed by atoms with Crippen LogP contribution in [0.15, 0.2) is 0 Å². The van der Waals surface area contributed by atoms with Crippen LogP contribution in [0.1, 0.15) is 0 Å². The van der Waals surface area contributed by atoms with Crippen molar-refractivity contribution in [1.82, 2.24) is 0 Å². The number of nitrogens with zero attached hydrogens (tertiary/aromatic N) is 2. The van der Waals surface area contributed by atoms with E-state index < -0.39 is 38.0 Å². The zero-order chi connectivity index (χ0) is 9.86. The normalized spacial score (nSPS) is 3.11. The molecule has 18 heavy (non-hydrogen) atoms. The predicted octanol–water partition coefficient (Wildman–Crippen LogP) is -6.49. The molecule has 0 aromatic heterocycles. The Bertz CT molecular complexity index is 127. The van der Waals surface area contributed by atoms with Crippen molar-refractivity contribution in [3.8, 4) is 0 Å². The second kappa shape index (κ2) is 103. The molecule has 0 spiro atoms. The molecule has 0 aliphatic heterocycles. The Balaban J connectivity index is -0.00000000562. The van der Waals surface area contributed by atoms with E-state index in [1.165, 1.54) is 0 Å². The second-order valence-electron chi connectivity index (χ2n) is 0.531. The van der Waals surface area contributed by atoms with E-state index in [4.69, 9.17) is 35.1 Å². The summed E-state index contributed by atoms with van der Waals surface area (Å²) in [5.74, 6) is 0. The van der Waals surface area contributed by atoms with E-state index >= 15 is 0 Å². The zero-order valence-electron chi connectivity index (χ0n) is 8.16. The van der Waals surface area contributed by atoms with Crippen LogP contribution in [0.2, 0.25) is 0 Å². The molecule has 0 atom stereocenters. The van der Waals surface area contributed by atoms with Crippen LogP contribution in [0.4, 0.5) is 0 Å². The molecule has 0 bridgehead atoms. The molecule has 0 aromatic carbocycles. The third kappa shape index (κ3) is 1860. The van der Waals surface area contributed by atoms with Gasteiger partial charge in [0.1, 0.15) is 0 Å². The molecule has 14 N–H and O–H groups in total. The second-order valence-corrected chi connectivity index (χ2v) is 1.22. The fourth-order valence-electron chi connectivity index (χ4n) is 0. The van der Waals surface area contributed by atoms with Crippen LogP contribution >= 0.6 is 0 Å². The summed E-state index contributed by atoms with van der Waals surface area (Å²) >= 11 is -2.51. The summed E-state index contributed by atoms with van der Waals surface area (Å²) < 4.78 is 17.2. The Morgan fingerprint density at radius 3 is 0.556 bits per heavy atom. The molecule has 118 valence electrons. The summed E-state index contributed by atoms with van der Waals surface area (Å²) in [6.45, 7) is 0. The molecule has 0 rings (SSSR count). The third-order valence-corrected chi connectivity index (χ3v) is 0. The molecule has 0 radical (unpaired) electrons. The molecular formula is H14N2O15U. The van der Waals surface area contributed by atoms with E-state index in [0.717, 1.165) is 0 Å². The van der Waals surface area contributed by atoms with E-state index in [2.05, 4.69) is 0 Å². The van der Waals surface area contributed by atoms with Crippen LogP contribution in [0.5, 0.6) is 0 Å². The number of rotatable bonds is 0. The molecule has 18 heteroatoms. The molecule has 0 heterocycles. The molecule has 0 unspecified atom stereocenters. The van der Waals surface area contributed by atoms with E-state index in [1.807, 2.05) is 0 Å². The Morgan fingerprint density at radius 1 is 0.556 bits per heavy atom. The van der Waals surface area contributed by atoms with Gasteiger partial charge in [0.2, 0.25) is 0 Å². The van der Waals surface area contributed by atoms with Crippen LogP contribution in [-0.4, -0.2) is 48.5 Å². The van der Waals surface area contributed by atoms with Gasteiger partial charge in [-0.25, -0.2) is 0 Å². The van der Waals surface area contributed by atoms with Gasteiger partial charge in [0.25, 0.3) is 0 Å². The van der Waals surface area contributed by atoms with Crippen molar-refractivity contribution < 1.29 is 80.8 Å². The maximum atomic E-state index is 8.58. The SMILES string of the molecule is O.O.O.O.O.O.O.O=[N+]([O-])[O-].O=[N+]([O-])[O-].[O]=[U+2]=[O]. The molecule has 0 aliphatic carbocycles. The van der Waals surface area contributed by atoms with Gasteiger partial charge in [0.15, 0.2) is 0 Å². The standard InChI is InChI=1S/2NO3.7H2O.2O.U/c2*2-1(3)4;;;;;;;;;;/h;;7*1H2;;;/q2*-1;;;;;;;;;;+2. The zero-order valence-corrected chi connectivity index (χ0v) is 12.3. The van der Waals surface area contributed by atoms with Crippen molar-refractivity contribution in [3.63, 3.8) is 0 Å². The quantitative estimate of drug-likeness (QED) is 0.218. The topological polar surface area (TPSA) is 387 Å². The summed E-state index contributed by atoms with van der Waals surface area (Å²) in [6, 6.07) is 0. The predicted molar refractivity (Wildman–Crippen MR) is 47.4 cm³/mol. The summed E-state index contributed by atoms with van der Waals surface area (Å²) in [4.78, 5) is 16.5. The molecular weight excluding hydrogens is 506 g/mol. The maximum absolute atomic E-state index is 8.58. The summed E-state index contributed by atoms with van der Waals surface area (Å²) in [6.07, 6.45) is 0. The Hall–Kier alpha value is -1.23. The van der Waals surface area contributed by atoms with E-state index in [0.29, 0.717) is 0 Å². The van der Waals surface area contributed by atoms with Crippen molar-refractivity contribution in [2.75, 3.05) is 0 Å². The van der Waals surface area contributed by atoms with Crippen LogP contribution in [-0.2, 0) is 4.47 Å². The molecule has 0 aliphatic rings. The van der Waals surface area contributed by atoms with Gasteiger partial charge < -0.3 is 69.0 Å². The minimum atomic E-state index is -2.51. The van der Waals surface area contributed by atoms with Crippen LogP contribution in [0, 0.1) is 58.5 Å². The molecule has 0 fully saturated rings. The summed E-state index contributed by atoms with van der Waals surface area (Å²) in [5, 5.41) is 29.5. The van der Waals surface area contributed by atoms with Gasteiger partial charge in [0, 0.05) is 0 Å². The summed E-state index contributed by atoms with van der Waals surface area (Å²) in [5.41, 5.74) is 0. The van der Waals surface area contributed by atoms with Crippen molar-refractivity contribution in [2.45, 2.75) is 0 Å². The number of hydrogen-bond donors (Lipinski definition) is 0. The Labute approximate surface area is 112 Å². The van der Waals surface area contributed by atoms with E-state index in [9.17, 15) is 0 Å². The first kappa shape index (κ1) is 91.0. The molecule has 17 nitrogen and oxygen atoms in total. The van der Waals surface area contributed by atoms with Gasteiger partial charge in [-0.3, -0.25) is 0 Å². The van der Waals surface area contributed by atoms with Crippen molar-refractivity contribution in [1.29, 1.82) is 0 Å². The first-order chi connectivity index (χ1) is 4.88. The van der Waals surface area contributed by atoms with Gasteiger partial charge in [-0.15, -0.1) is 0 Å². The minimum absolute atomic E-state index is 0. The van der Waals surface area contributed by atoms with Gasteiger partial charge in [-0.05, 0) is 0 Å². The number of hydrogen-bond acceptors (Lipinski definition) is 8. The third-order valence-electron chi connectivity index (χ3n) is 0. The molecule has 0 amide bonds. The fourth-order valence-corrected chi connectivity index (χ4v) is 0. The van der Waals surface area contributed by atoms with Crippen molar-refractivity contribution >= 4 is 0 Å². The average molecular weight is 520 g/mol. The Morgan fingerprint density at radius 2 is 0.556 bits per heavy atom. The molecule has 0 saturated carbocycles. The van der Waals surface area contributed by atoms with Crippen LogP contribution in [0.3, 0.4) is 0 Å². The van der Waals surface area contributed by atoms with Crippen molar-refractivity contribution in [2.24, 2.45) is 0 Å². The monoisotopic (exact) mass is 520 g/mol. The van der Waals surface area contributed by atoms with E-state index in [-0.39, 0.29) is 38.3 Å². The van der Waals surface area contributed by atoms with Gasteiger partial charge in [0.05, 0.1) is 10.2 Å². The molecule has 0 saturated heterocycles. The summed E-state index contributed by atoms with van der Waals surface area (Å²) in [7, 11) is 0. The van der Waals surface area contributed by atoms with Crippen LogP contribution < -0.4 is 0 Å². The fraction of sp³-hybridized carbons (Fsp3) is 0. The van der Waals surface area contributed by atoms with Gasteiger partial charge >= 0.3 is 32.3 Å². The first-order valence-electron chi connectivity index (χ1n) is 1.50. The van der Waals surface area contributed by atoms with Gasteiger partial charge in [-0.2, -0.15) is 0 Å². The van der Waals surface area contributed by atoms with E-state index in [1.54, 1.807) is 0 Å². The average Bonchev–Trinajstić information content (AvgIpc) is 1.60. The first-order valence-corrected chi connectivity index (χ1v) is 4.90. The van der Waals surface area contributed by atoms with Crippen molar-refractivity contribution in [3.05, 3.63) is 30.6 Å². The van der Waals surface area contributed by atoms with Gasteiger partial charge in [-0.1, -0.05) is 0 Å². The Kier molecular flexibility index (Phi) is 522.